The number of ether oxygens (including phenoxy) is 2. The number of aromatic nitrogens is 3. The van der Waals surface area contributed by atoms with E-state index >= 15 is 4.39 Å². The topological polar surface area (TPSA) is 114 Å². The highest BCUT2D eigenvalue weighted by Crippen LogP contribution is 2.37. The molecule has 0 spiro atoms. The second-order valence-corrected chi connectivity index (χ2v) is 9.39. The number of carbonyl (C=O) groups is 3. The summed E-state index contributed by atoms with van der Waals surface area (Å²) in [6.07, 6.45) is -3.52. The molecular weight excluding hydrogens is 574 g/mol. The Morgan fingerprint density at radius 3 is 2.49 bits per heavy atom. The van der Waals surface area contributed by atoms with Crippen LogP contribution in [0.1, 0.15) is 44.5 Å². The van der Waals surface area contributed by atoms with Gasteiger partial charge in [-0.2, -0.15) is 23.0 Å². The van der Waals surface area contributed by atoms with Crippen LogP contribution < -0.4 is 0 Å². The largest absolute Gasteiger partial charge is 0.465 e. The summed E-state index contributed by atoms with van der Waals surface area (Å²) in [4.78, 5) is 41.0. The van der Waals surface area contributed by atoms with Crippen molar-refractivity contribution in [2.45, 2.75) is 26.6 Å². The number of oxazole rings is 1. The quantitative estimate of drug-likeness (QED) is 0.165. The van der Waals surface area contributed by atoms with Crippen LogP contribution in [0, 0.1) is 12.7 Å². The summed E-state index contributed by atoms with van der Waals surface area (Å²) in [5.41, 5.74) is -1.64. The average Bonchev–Trinajstić information content (AvgIpc) is 3.59. The molecule has 0 fully saturated rings. The third-order valence-corrected chi connectivity index (χ3v) is 6.53. The number of benzene rings is 3. The van der Waals surface area contributed by atoms with Gasteiger partial charge in [-0.15, -0.1) is 0 Å². The summed E-state index contributed by atoms with van der Waals surface area (Å²) >= 11 is 0. The van der Waals surface area contributed by atoms with Crippen LogP contribution >= 0.6 is 0 Å². The summed E-state index contributed by atoms with van der Waals surface area (Å²) in [5.74, 6) is -3.01. The van der Waals surface area contributed by atoms with Crippen molar-refractivity contribution in [2.75, 3.05) is 7.11 Å². The number of rotatable bonds is 6. The van der Waals surface area contributed by atoms with E-state index in [4.69, 9.17) is 9.15 Å². The second-order valence-electron chi connectivity index (χ2n) is 9.39. The van der Waals surface area contributed by atoms with Crippen molar-refractivity contribution < 1.29 is 45.8 Å². The van der Waals surface area contributed by atoms with Crippen molar-refractivity contribution >= 4 is 28.7 Å². The minimum absolute atomic E-state index is 0.0325. The first-order valence-electron chi connectivity index (χ1n) is 12.6. The molecule has 0 bridgehead atoms. The maximum absolute atomic E-state index is 15.3. The molecule has 0 radical (unpaired) electrons. The molecule has 0 atom stereocenters. The number of carbonyl (C=O) groups excluding carboxylic acids is 3. The number of alkyl halides is 3. The highest BCUT2D eigenvalue weighted by Gasteiger charge is 2.37. The van der Waals surface area contributed by atoms with Gasteiger partial charge in [0.15, 0.2) is 12.4 Å². The van der Waals surface area contributed by atoms with E-state index in [-0.39, 0.29) is 51.5 Å². The third-order valence-electron chi connectivity index (χ3n) is 6.53. The van der Waals surface area contributed by atoms with E-state index in [0.29, 0.717) is 5.56 Å². The van der Waals surface area contributed by atoms with Crippen molar-refractivity contribution in [3.8, 4) is 22.7 Å². The second kappa shape index (κ2) is 11.2. The predicted molar refractivity (Wildman–Crippen MR) is 143 cm³/mol. The fourth-order valence-electron chi connectivity index (χ4n) is 4.53. The predicted octanol–water partition coefficient (Wildman–Crippen LogP) is 6.36. The first-order valence-corrected chi connectivity index (χ1v) is 12.6. The zero-order chi connectivity index (χ0) is 31.1. The molecular formula is C30H21F4N3O6. The Bertz CT molecular complexity index is 1910. The molecule has 0 saturated carbocycles. The lowest BCUT2D eigenvalue weighted by Crippen LogP contribution is -2.21. The van der Waals surface area contributed by atoms with Crippen LogP contribution in [-0.4, -0.2) is 39.7 Å². The van der Waals surface area contributed by atoms with Gasteiger partial charge >= 0.3 is 18.1 Å². The maximum atomic E-state index is 15.3. The molecule has 0 saturated heterocycles. The molecule has 13 heteroatoms. The number of aryl methyl sites for hydroxylation is 1. The van der Waals surface area contributed by atoms with Crippen LogP contribution in [0.5, 0.6) is 0 Å². The SMILES string of the molecule is COC(=O)c1ccc(-c2nn(C(=O)c3c(C)cccc3C(F)(F)F)c3cc(-c4ncc(COC(C)=O)o4)ccc23)c(F)c1. The summed E-state index contributed by atoms with van der Waals surface area (Å²) < 4.78 is 73.1. The molecule has 0 aliphatic carbocycles. The molecule has 2 aromatic heterocycles. The van der Waals surface area contributed by atoms with Gasteiger partial charge in [0.1, 0.15) is 11.5 Å². The van der Waals surface area contributed by atoms with Gasteiger partial charge < -0.3 is 13.9 Å². The van der Waals surface area contributed by atoms with Crippen LogP contribution in [0.3, 0.4) is 0 Å². The van der Waals surface area contributed by atoms with Crippen LogP contribution in [0.25, 0.3) is 33.6 Å². The normalized spacial score (nSPS) is 11.5. The van der Waals surface area contributed by atoms with Gasteiger partial charge in [0.2, 0.25) is 5.89 Å². The van der Waals surface area contributed by atoms with E-state index in [1.165, 1.54) is 56.4 Å². The molecule has 220 valence electrons. The van der Waals surface area contributed by atoms with E-state index in [2.05, 4.69) is 14.8 Å². The first kappa shape index (κ1) is 29.2. The minimum atomic E-state index is -4.85. The van der Waals surface area contributed by atoms with E-state index in [1.54, 1.807) is 6.07 Å². The van der Waals surface area contributed by atoms with Crippen molar-refractivity contribution in [1.82, 2.24) is 14.8 Å². The Balaban J connectivity index is 1.71. The Labute approximate surface area is 240 Å². The number of halogens is 4. The van der Waals surface area contributed by atoms with Crippen LogP contribution in [-0.2, 0) is 27.1 Å². The van der Waals surface area contributed by atoms with Gasteiger partial charge in [-0.05, 0) is 55.0 Å². The van der Waals surface area contributed by atoms with Gasteiger partial charge in [-0.1, -0.05) is 12.1 Å². The van der Waals surface area contributed by atoms with Crippen molar-refractivity contribution in [2.24, 2.45) is 0 Å². The molecule has 5 aromatic rings. The van der Waals surface area contributed by atoms with Crippen molar-refractivity contribution in [3.63, 3.8) is 0 Å². The number of methoxy groups -OCH3 is 1. The van der Waals surface area contributed by atoms with Gasteiger partial charge in [0.05, 0.1) is 35.5 Å². The Kier molecular flexibility index (Phi) is 7.57. The highest BCUT2D eigenvalue weighted by atomic mass is 19.4. The summed E-state index contributed by atoms with van der Waals surface area (Å²) in [6, 6.07) is 11.3. The number of nitrogens with zero attached hydrogens (tertiary/aromatic N) is 3. The maximum Gasteiger partial charge on any atom is 0.417 e. The van der Waals surface area contributed by atoms with Crippen molar-refractivity contribution in [3.05, 3.63) is 94.6 Å². The zero-order valence-electron chi connectivity index (χ0n) is 22.8. The van der Waals surface area contributed by atoms with Crippen LogP contribution in [0.4, 0.5) is 17.6 Å². The Morgan fingerprint density at radius 1 is 1.05 bits per heavy atom. The van der Waals surface area contributed by atoms with E-state index < -0.39 is 41.0 Å². The molecule has 5 rings (SSSR count). The number of hydrogen-bond donors (Lipinski definition) is 0. The fraction of sp³-hybridized carbons (Fsp3) is 0.167. The molecule has 0 N–H and O–H groups in total. The van der Waals surface area contributed by atoms with Crippen LogP contribution in [0.2, 0.25) is 0 Å². The average molecular weight is 596 g/mol. The Morgan fingerprint density at radius 2 is 1.81 bits per heavy atom. The molecule has 2 heterocycles. The minimum Gasteiger partial charge on any atom is -0.465 e. The molecule has 3 aromatic carbocycles. The number of hydrogen-bond acceptors (Lipinski definition) is 8. The summed E-state index contributed by atoms with van der Waals surface area (Å²) in [7, 11) is 1.14. The zero-order valence-corrected chi connectivity index (χ0v) is 22.8. The first-order chi connectivity index (χ1) is 20.4. The summed E-state index contributed by atoms with van der Waals surface area (Å²) in [6.45, 7) is 2.41. The summed E-state index contributed by atoms with van der Waals surface area (Å²) in [5, 5.41) is 4.50. The van der Waals surface area contributed by atoms with Gasteiger partial charge in [0, 0.05) is 23.4 Å². The van der Waals surface area contributed by atoms with Gasteiger partial charge in [0.25, 0.3) is 5.91 Å². The van der Waals surface area contributed by atoms with E-state index in [1.807, 2.05) is 0 Å². The lowest BCUT2D eigenvalue weighted by atomic mass is 10.0. The lowest BCUT2D eigenvalue weighted by Gasteiger charge is -2.14. The number of esters is 2. The molecule has 0 aliphatic rings. The molecule has 0 aliphatic heterocycles. The standard InChI is InChI=1S/C30H21F4N3O6/c1-15-5-4-6-22(30(32,33)34)25(15)28(39)37-24-12-17(27-35-13-19(43-27)14-42-16(2)38)7-10-21(24)26(36-37)20-9-8-18(11-23(20)31)29(40)41-3/h4-13H,14H2,1-3H3. The van der Waals surface area contributed by atoms with Gasteiger partial charge in [-0.3, -0.25) is 9.59 Å². The number of fused-ring (bicyclic) bond motifs is 1. The molecule has 0 amide bonds. The van der Waals surface area contributed by atoms with Crippen molar-refractivity contribution in [1.29, 1.82) is 0 Å². The van der Waals surface area contributed by atoms with Gasteiger partial charge in [-0.25, -0.2) is 14.2 Å². The third kappa shape index (κ3) is 5.61. The molecule has 9 nitrogen and oxygen atoms in total. The lowest BCUT2D eigenvalue weighted by molar-refractivity contribution is -0.142. The monoisotopic (exact) mass is 595 g/mol. The smallest absolute Gasteiger partial charge is 0.417 e. The molecule has 43 heavy (non-hydrogen) atoms. The van der Waals surface area contributed by atoms with E-state index in [0.717, 1.165) is 23.9 Å². The molecule has 0 unspecified atom stereocenters. The highest BCUT2D eigenvalue weighted by molar-refractivity contribution is 6.07. The van der Waals surface area contributed by atoms with Crippen LogP contribution in [0.15, 0.2) is 65.2 Å². The Hall–Kier alpha value is -5.33. The fourth-order valence-corrected chi connectivity index (χ4v) is 4.53. The van der Waals surface area contributed by atoms with E-state index in [9.17, 15) is 27.6 Å².